The third-order valence-electron chi connectivity index (χ3n) is 3.79. The van der Waals surface area contributed by atoms with Crippen molar-refractivity contribution in [3.8, 4) is 0 Å². The largest absolute Gasteiger partial charge is 0.369 e. The van der Waals surface area contributed by atoms with Crippen LogP contribution in [-0.4, -0.2) is 36.1 Å². The highest BCUT2D eigenvalue weighted by Crippen LogP contribution is 2.19. The summed E-state index contributed by atoms with van der Waals surface area (Å²) >= 11 is 1.78. The van der Waals surface area contributed by atoms with Crippen molar-refractivity contribution in [2.24, 2.45) is 0 Å². The average Bonchev–Trinajstić information content (AvgIpc) is 2.91. The maximum atomic E-state index is 4.46. The first-order valence-corrected chi connectivity index (χ1v) is 8.09. The molecule has 0 aromatic carbocycles. The number of hydrogen-bond acceptors (Lipinski definition) is 4. The summed E-state index contributed by atoms with van der Waals surface area (Å²) in [7, 11) is 0. The lowest BCUT2D eigenvalue weighted by Crippen LogP contribution is -2.46. The maximum absolute atomic E-state index is 4.46. The number of piperazine rings is 1. The Morgan fingerprint density at radius 2 is 1.80 bits per heavy atom. The molecule has 1 fully saturated rings. The highest BCUT2D eigenvalue weighted by atomic mass is 32.1. The summed E-state index contributed by atoms with van der Waals surface area (Å²) in [5, 5.41) is 4.41. The Balaban J connectivity index is 1.60. The summed E-state index contributed by atoms with van der Waals surface area (Å²) in [4.78, 5) is 9.48. The Morgan fingerprint density at radius 1 is 1.10 bits per heavy atom. The molecule has 0 radical (unpaired) electrons. The Morgan fingerprint density at radius 3 is 2.40 bits per heavy atom. The third kappa shape index (κ3) is 3.19. The van der Waals surface area contributed by atoms with Gasteiger partial charge in [-0.3, -0.25) is 9.88 Å². The highest BCUT2D eigenvalue weighted by Gasteiger charge is 2.17. The zero-order chi connectivity index (χ0) is 13.9. The lowest BCUT2D eigenvalue weighted by molar-refractivity contribution is 0.250. The average molecular weight is 287 g/mol. The van der Waals surface area contributed by atoms with Crippen LogP contribution in [0.15, 0.2) is 29.0 Å². The first-order valence-electron chi connectivity index (χ1n) is 7.14. The molecule has 0 N–H and O–H groups in total. The van der Waals surface area contributed by atoms with Gasteiger partial charge in [0, 0.05) is 49.8 Å². The van der Waals surface area contributed by atoms with Crippen molar-refractivity contribution < 1.29 is 0 Å². The summed E-state index contributed by atoms with van der Waals surface area (Å²) in [5.41, 5.74) is 4.99. The van der Waals surface area contributed by atoms with Gasteiger partial charge in [0.2, 0.25) is 0 Å². The molecule has 1 aliphatic heterocycles. The van der Waals surface area contributed by atoms with Crippen LogP contribution < -0.4 is 4.90 Å². The zero-order valence-corrected chi connectivity index (χ0v) is 13.0. The summed E-state index contributed by atoms with van der Waals surface area (Å²) in [6.07, 6.45) is 0. The molecule has 3 heterocycles. The summed E-state index contributed by atoms with van der Waals surface area (Å²) in [5.74, 6) is 0. The number of rotatable bonds is 3. The molecule has 1 aliphatic rings. The molecule has 0 spiro atoms. The third-order valence-corrected chi connectivity index (χ3v) is 4.52. The van der Waals surface area contributed by atoms with Gasteiger partial charge in [-0.05, 0) is 48.4 Å². The Kier molecular flexibility index (Phi) is 4.03. The number of thiophene rings is 1. The Bertz CT molecular complexity index is 537. The van der Waals surface area contributed by atoms with Gasteiger partial charge in [0.05, 0.1) is 0 Å². The molecular weight excluding hydrogens is 266 g/mol. The van der Waals surface area contributed by atoms with Gasteiger partial charge in [0.1, 0.15) is 0 Å². The molecule has 0 unspecified atom stereocenters. The molecule has 1 saturated heterocycles. The highest BCUT2D eigenvalue weighted by molar-refractivity contribution is 7.07. The molecule has 0 aliphatic carbocycles. The van der Waals surface area contributed by atoms with E-state index in [4.69, 9.17) is 0 Å². The van der Waals surface area contributed by atoms with E-state index in [1.54, 1.807) is 11.3 Å². The number of hydrogen-bond donors (Lipinski definition) is 0. The topological polar surface area (TPSA) is 19.4 Å². The number of aryl methyl sites for hydroxylation is 2. The quantitative estimate of drug-likeness (QED) is 0.865. The minimum absolute atomic E-state index is 1.09. The molecule has 2 aromatic heterocycles. The number of nitrogens with zero attached hydrogens (tertiary/aromatic N) is 3. The molecule has 0 saturated carbocycles. The SMILES string of the molecule is Cc1cc(N2CCN(Cc3ccsc3)CC2)cc(C)n1. The second-order valence-corrected chi connectivity index (χ2v) is 6.28. The molecule has 4 heteroatoms. The van der Waals surface area contributed by atoms with Gasteiger partial charge in [0.25, 0.3) is 0 Å². The van der Waals surface area contributed by atoms with E-state index in [0.717, 1.165) is 44.1 Å². The van der Waals surface area contributed by atoms with Crippen molar-refractivity contribution in [1.29, 1.82) is 0 Å². The second kappa shape index (κ2) is 5.94. The molecule has 106 valence electrons. The Hall–Kier alpha value is -1.39. The van der Waals surface area contributed by atoms with Gasteiger partial charge >= 0.3 is 0 Å². The standard InChI is InChI=1S/C16H21N3S/c1-13-9-16(10-14(2)17-13)19-6-4-18(5-7-19)11-15-3-8-20-12-15/h3,8-10,12H,4-7,11H2,1-2H3. The number of aromatic nitrogens is 1. The van der Waals surface area contributed by atoms with E-state index in [9.17, 15) is 0 Å². The fraction of sp³-hybridized carbons (Fsp3) is 0.438. The van der Waals surface area contributed by atoms with E-state index in [0.29, 0.717) is 0 Å². The maximum Gasteiger partial charge on any atom is 0.0403 e. The van der Waals surface area contributed by atoms with Gasteiger partial charge in [-0.15, -0.1) is 0 Å². The van der Waals surface area contributed by atoms with E-state index in [2.05, 4.69) is 57.6 Å². The monoisotopic (exact) mass is 287 g/mol. The normalized spacial score (nSPS) is 16.6. The van der Waals surface area contributed by atoms with Crippen LogP contribution in [0.4, 0.5) is 5.69 Å². The van der Waals surface area contributed by atoms with Gasteiger partial charge in [-0.1, -0.05) is 0 Å². The van der Waals surface area contributed by atoms with Crippen LogP contribution in [-0.2, 0) is 6.54 Å². The van der Waals surface area contributed by atoms with Crippen molar-refractivity contribution in [1.82, 2.24) is 9.88 Å². The lowest BCUT2D eigenvalue weighted by atomic mass is 10.2. The van der Waals surface area contributed by atoms with Crippen molar-refractivity contribution in [3.63, 3.8) is 0 Å². The van der Waals surface area contributed by atoms with Crippen LogP contribution in [0.5, 0.6) is 0 Å². The van der Waals surface area contributed by atoms with Crippen molar-refractivity contribution in [3.05, 3.63) is 45.9 Å². The first kappa shape index (κ1) is 13.6. The van der Waals surface area contributed by atoms with Crippen LogP contribution in [0.3, 0.4) is 0 Å². The van der Waals surface area contributed by atoms with E-state index >= 15 is 0 Å². The van der Waals surface area contributed by atoms with Crippen LogP contribution in [0.1, 0.15) is 17.0 Å². The van der Waals surface area contributed by atoms with Crippen LogP contribution in [0.2, 0.25) is 0 Å². The fourth-order valence-electron chi connectivity index (χ4n) is 2.80. The Labute approximate surface area is 124 Å². The second-order valence-electron chi connectivity index (χ2n) is 5.50. The summed E-state index contributed by atoms with van der Waals surface area (Å²) < 4.78 is 0. The molecule has 20 heavy (non-hydrogen) atoms. The molecule has 0 bridgehead atoms. The van der Waals surface area contributed by atoms with Crippen LogP contribution >= 0.6 is 11.3 Å². The van der Waals surface area contributed by atoms with E-state index < -0.39 is 0 Å². The van der Waals surface area contributed by atoms with Crippen LogP contribution in [0, 0.1) is 13.8 Å². The van der Waals surface area contributed by atoms with Crippen LogP contribution in [0.25, 0.3) is 0 Å². The smallest absolute Gasteiger partial charge is 0.0403 e. The molecule has 0 amide bonds. The van der Waals surface area contributed by atoms with E-state index in [-0.39, 0.29) is 0 Å². The first-order chi connectivity index (χ1) is 9.70. The van der Waals surface area contributed by atoms with E-state index in [1.807, 2.05) is 0 Å². The summed E-state index contributed by atoms with van der Waals surface area (Å²) in [6, 6.07) is 6.62. The zero-order valence-electron chi connectivity index (χ0n) is 12.2. The molecule has 3 nitrogen and oxygen atoms in total. The number of pyridine rings is 1. The molecule has 3 rings (SSSR count). The molecule has 2 aromatic rings. The summed E-state index contributed by atoms with van der Waals surface area (Å²) in [6.45, 7) is 9.71. The van der Waals surface area contributed by atoms with Gasteiger partial charge < -0.3 is 4.90 Å². The predicted octanol–water partition coefficient (Wildman–Crippen LogP) is 3.08. The lowest BCUT2D eigenvalue weighted by Gasteiger charge is -2.36. The van der Waals surface area contributed by atoms with Gasteiger partial charge in [-0.2, -0.15) is 11.3 Å². The van der Waals surface area contributed by atoms with Gasteiger partial charge in [-0.25, -0.2) is 0 Å². The molecular formula is C16H21N3S. The number of anilines is 1. The van der Waals surface area contributed by atoms with Crippen molar-refractivity contribution >= 4 is 17.0 Å². The van der Waals surface area contributed by atoms with Crippen molar-refractivity contribution in [2.75, 3.05) is 31.1 Å². The minimum atomic E-state index is 1.09. The predicted molar refractivity (Wildman–Crippen MR) is 85.5 cm³/mol. The van der Waals surface area contributed by atoms with Crippen molar-refractivity contribution in [2.45, 2.75) is 20.4 Å². The fourth-order valence-corrected chi connectivity index (χ4v) is 3.46. The van der Waals surface area contributed by atoms with Gasteiger partial charge in [0.15, 0.2) is 0 Å². The van der Waals surface area contributed by atoms with E-state index in [1.165, 1.54) is 11.3 Å². The minimum Gasteiger partial charge on any atom is -0.369 e. The molecule has 0 atom stereocenters.